The first kappa shape index (κ1) is 24.9. The van der Waals surface area contributed by atoms with Crippen LogP contribution in [0.15, 0.2) is 54.1 Å². The molecule has 2 aromatic rings. The Bertz CT molecular complexity index is 1090. The molecule has 2 saturated heterocycles. The molecule has 2 fully saturated rings. The molecule has 0 aliphatic carbocycles. The lowest BCUT2D eigenvalue weighted by molar-refractivity contribution is -0.907. The Labute approximate surface area is 206 Å². The van der Waals surface area contributed by atoms with Gasteiger partial charge >= 0.3 is 0 Å². The molecule has 2 N–H and O–H groups in total. The number of benzene rings is 2. The largest absolute Gasteiger partial charge is 0.507 e. The van der Waals surface area contributed by atoms with Crippen LogP contribution in [0.1, 0.15) is 43.5 Å². The number of ketones is 1. The zero-order chi connectivity index (χ0) is 25.2. The van der Waals surface area contributed by atoms with E-state index in [2.05, 4.69) is 20.8 Å². The molecule has 0 bridgehead atoms. The van der Waals surface area contributed by atoms with Gasteiger partial charge in [0.15, 0.2) is 0 Å². The average molecular weight is 480 g/mol. The van der Waals surface area contributed by atoms with Crippen molar-refractivity contribution in [3.8, 4) is 5.75 Å². The summed E-state index contributed by atoms with van der Waals surface area (Å²) in [6, 6.07) is 14.2. The number of aliphatic hydroxyl groups excluding tert-OH is 1. The summed E-state index contributed by atoms with van der Waals surface area (Å²) in [6.45, 7) is 10.7. The van der Waals surface area contributed by atoms with Crippen molar-refractivity contribution >= 4 is 17.4 Å². The van der Waals surface area contributed by atoms with Gasteiger partial charge in [-0.2, -0.15) is 0 Å². The molecule has 7 heteroatoms. The number of likely N-dealkylation sites (tertiary alicyclic amines) is 1. The summed E-state index contributed by atoms with van der Waals surface area (Å²) in [5, 5.41) is 11.2. The second-order valence-electron chi connectivity index (χ2n) is 10.2. The molecule has 186 valence electrons. The summed E-state index contributed by atoms with van der Waals surface area (Å²) in [7, 11) is 1.57. The Morgan fingerprint density at radius 3 is 2.26 bits per heavy atom. The van der Waals surface area contributed by atoms with Gasteiger partial charge < -0.3 is 24.4 Å². The van der Waals surface area contributed by atoms with Gasteiger partial charge in [0, 0.05) is 5.56 Å². The molecule has 0 radical (unpaired) electrons. The van der Waals surface area contributed by atoms with E-state index in [0.29, 0.717) is 31.1 Å². The van der Waals surface area contributed by atoms with E-state index in [9.17, 15) is 14.7 Å². The quantitative estimate of drug-likeness (QED) is 0.378. The SMILES string of the molecule is COc1ccc(C(O)=C2C(=O)C(=O)N(CC[NH+]3CCOCC3)C2c2ccc(C(C)(C)C)cc2)cc1. The molecule has 1 unspecified atom stereocenters. The van der Waals surface area contributed by atoms with Crippen LogP contribution in [0.4, 0.5) is 0 Å². The molecule has 1 amide bonds. The van der Waals surface area contributed by atoms with Gasteiger partial charge in [-0.25, -0.2) is 0 Å². The van der Waals surface area contributed by atoms with E-state index in [1.807, 2.05) is 24.3 Å². The maximum atomic E-state index is 13.3. The normalized spacial score (nSPS) is 20.9. The number of rotatable bonds is 6. The number of hydrogen-bond acceptors (Lipinski definition) is 5. The van der Waals surface area contributed by atoms with E-state index in [-0.39, 0.29) is 16.7 Å². The molecule has 2 aliphatic heterocycles. The van der Waals surface area contributed by atoms with Crippen molar-refractivity contribution in [2.24, 2.45) is 0 Å². The highest BCUT2D eigenvalue weighted by Crippen LogP contribution is 2.39. The van der Waals surface area contributed by atoms with Gasteiger partial charge in [-0.05, 0) is 40.8 Å². The Morgan fingerprint density at radius 2 is 1.69 bits per heavy atom. The van der Waals surface area contributed by atoms with Gasteiger partial charge in [-0.1, -0.05) is 45.0 Å². The van der Waals surface area contributed by atoms with Crippen LogP contribution in [0.5, 0.6) is 5.75 Å². The van der Waals surface area contributed by atoms with E-state index in [1.165, 1.54) is 4.90 Å². The van der Waals surface area contributed by atoms with Crippen LogP contribution in [0, 0.1) is 0 Å². The molecule has 0 aromatic heterocycles. The van der Waals surface area contributed by atoms with Gasteiger partial charge in [-0.3, -0.25) is 9.59 Å². The minimum Gasteiger partial charge on any atom is -0.507 e. The number of ether oxygens (including phenoxy) is 2. The van der Waals surface area contributed by atoms with Crippen LogP contribution in [0.2, 0.25) is 0 Å². The van der Waals surface area contributed by atoms with Gasteiger partial charge in [0.05, 0.1) is 45.0 Å². The smallest absolute Gasteiger partial charge is 0.295 e. The standard InChI is InChI=1S/C28H34N2O5/c1-28(2,3)21-9-5-19(6-10-21)24-23(25(31)20-7-11-22(34-4)12-8-20)26(32)27(33)30(24)14-13-29-15-17-35-18-16-29/h5-12,24,31H,13-18H2,1-4H3/p+1. The summed E-state index contributed by atoms with van der Waals surface area (Å²) in [5.41, 5.74) is 2.54. The van der Waals surface area contributed by atoms with Crippen molar-refractivity contribution in [3.63, 3.8) is 0 Å². The first-order valence-electron chi connectivity index (χ1n) is 12.2. The van der Waals surface area contributed by atoms with Crippen LogP contribution in [-0.2, 0) is 19.7 Å². The average Bonchev–Trinajstić information content (AvgIpc) is 3.12. The minimum atomic E-state index is -0.653. The summed E-state index contributed by atoms with van der Waals surface area (Å²) in [5.74, 6) is -0.750. The molecule has 0 spiro atoms. The minimum absolute atomic E-state index is 0.0247. The van der Waals surface area contributed by atoms with Crippen molar-refractivity contribution in [2.45, 2.75) is 32.2 Å². The number of quaternary nitrogens is 1. The summed E-state index contributed by atoms with van der Waals surface area (Å²) >= 11 is 0. The lowest BCUT2D eigenvalue weighted by atomic mass is 9.85. The third-order valence-corrected chi connectivity index (χ3v) is 6.90. The van der Waals surface area contributed by atoms with Crippen LogP contribution in [0.25, 0.3) is 5.76 Å². The topological polar surface area (TPSA) is 80.5 Å². The Kier molecular flexibility index (Phi) is 7.28. The molecule has 1 atom stereocenters. The molecular formula is C28H35N2O5+. The highest BCUT2D eigenvalue weighted by Gasteiger charge is 2.46. The zero-order valence-electron chi connectivity index (χ0n) is 21.0. The molecule has 0 saturated carbocycles. The number of methoxy groups -OCH3 is 1. The van der Waals surface area contributed by atoms with Crippen LogP contribution in [-0.4, -0.2) is 68.2 Å². The number of carbonyl (C=O) groups is 2. The zero-order valence-corrected chi connectivity index (χ0v) is 21.0. The van der Waals surface area contributed by atoms with Crippen molar-refractivity contribution in [1.29, 1.82) is 0 Å². The third kappa shape index (κ3) is 5.26. The summed E-state index contributed by atoms with van der Waals surface area (Å²) in [6.07, 6.45) is 0. The number of carbonyl (C=O) groups excluding carboxylic acids is 2. The lowest BCUT2D eigenvalue weighted by Crippen LogP contribution is -3.14. The van der Waals surface area contributed by atoms with E-state index < -0.39 is 17.7 Å². The van der Waals surface area contributed by atoms with Crippen LogP contribution < -0.4 is 9.64 Å². The predicted octanol–water partition coefficient (Wildman–Crippen LogP) is 2.33. The first-order chi connectivity index (χ1) is 16.7. The highest BCUT2D eigenvalue weighted by molar-refractivity contribution is 6.46. The molecule has 35 heavy (non-hydrogen) atoms. The van der Waals surface area contributed by atoms with Crippen molar-refractivity contribution in [2.75, 3.05) is 46.5 Å². The fourth-order valence-corrected chi connectivity index (χ4v) is 4.72. The third-order valence-electron chi connectivity index (χ3n) is 6.90. The fourth-order valence-electron chi connectivity index (χ4n) is 4.72. The number of amides is 1. The molecule has 4 rings (SSSR count). The molecular weight excluding hydrogens is 444 g/mol. The second-order valence-corrected chi connectivity index (χ2v) is 10.2. The molecule has 2 aromatic carbocycles. The molecule has 2 heterocycles. The number of Topliss-reactive ketones (excluding diaryl/α,β-unsaturated/α-hetero) is 1. The van der Waals surface area contributed by atoms with E-state index in [0.717, 1.165) is 30.8 Å². The van der Waals surface area contributed by atoms with Crippen LogP contribution >= 0.6 is 0 Å². The molecule has 2 aliphatic rings. The number of nitrogens with zero attached hydrogens (tertiary/aromatic N) is 1. The summed E-state index contributed by atoms with van der Waals surface area (Å²) in [4.78, 5) is 29.4. The first-order valence-corrected chi connectivity index (χ1v) is 12.2. The lowest BCUT2D eigenvalue weighted by Gasteiger charge is -2.29. The molecule has 7 nitrogen and oxygen atoms in total. The second kappa shape index (κ2) is 10.2. The van der Waals surface area contributed by atoms with Crippen LogP contribution in [0.3, 0.4) is 0 Å². The maximum absolute atomic E-state index is 13.3. The van der Waals surface area contributed by atoms with Crippen molar-refractivity contribution in [3.05, 3.63) is 70.8 Å². The van der Waals surface area contributed by atoms with Crippen molar-refractivity contribution < 1.29 is 29.1 Å². The Morgan fingerprint density at radius 1 is 1.06 bits per heavy atom. The highest BCUT2D eigenvalue weighted by atomic mass is 16.5. The summed E-state index contributed by atoms with van der Waals surface area (Å²) < 4.78 is 10.7. The monoisotopic (exact) mass is 479 g/mol. The van der Waals surface area contributed by atoms with E-state index in [4.69, 9.17) is 9.47 Å². The number of aliphatic hydroxyl groups is 1. The van der Waals surface area contributed by atoms with Gasteiger partial charge in [-0.15, -0.1) is 0 Å². The number of nitrogens with one attached hydrogen (secondary N) is 1. The predicted molar refractivity (Wildman–Crippen MR) is 134 cm³/mol. The van der Waals surface area contributed by atoms with Gasteiger partial charge in [0.25, 0.3) is 11.7 Å². The Hall–Kier alpha value is -3.16. The van der Waals surface area contributed by atoms with Crippen molar-refractivity contribution in [1.82, 2.24) is 4.90 Å². The van der Waals surface area contributed by atoms with E-state index in [1.54, 1.807) is 36.3 Å². The van der Waals surface area contributed by atoms with Gasteiger partial charge in [0.2, 0.25) is 0 Å². The van der Waals surface area contributed by atoms with Gasteiger partial charge in [0.1, 0.15) is 24.6 Å². The number of morpholine rings is 1. The van der Waals surface area contributed by atoms with E-state index >= 15 is 0 Å². The maximum Gasteiger partial charge on any atom is 0.295 e. The Balaban J connectivity index is 1.74. The fraction of sp³-hybridized carbons (Fsp3) is 0.429. The number of hydrogen-bond donors (Lipinski definition) is 2.